The molecular weight excluding hydrogens is 404 g/mol. The maximum atomic E-state index is 12.6. The van der Waals surface area contributed by atoms with Gasteiger partial charge in [0.15, 0.2) is 0 Å². The van der Waals surface area contributed by atoms with Crippen LogP contribution in [0.3, 0.4) is 0 Å². The first-order valence-electron chi connectivity index (χ1n) is 9.55. The molecule has 6 heteroatoms. The van der Waals surface area contributed by atoms with E-state index in [-0.39, 0.29) is 22.6 Å². The van der Waals surface area contributed by atoms with Crippen LogP contribution in [0.5, 0.6) is 11.5 Å². The summed E-state index contributed by atoms with van der Waals surface area (Å²) in [5.41, 5.74) is 0.993. The van der Waals surface area contributed by atoms with Gasteiger partial charge in [0.2, 0.25) is 0 Å². The zero-order valence-electron chi connectivity index (χ0n) is 16.6. The van der Waals surface area contributed by atoms with E-state index in [1.165, 1.54) is 18.2 Å². The van der Waals surface area contributed by atoms with Gasteiger partial charge in [0.05, 0.1) is 22.3 Å². The number of rotatable bonds is 4. The van der Waals surface area contributed by atoms with Crippen molar-refractivity contribution < 1.29 is 19.1 Å². The van der Waals surface area contributed by atoms with Crippen molar-refractivity contribution in [2.75, 3.05) is 0 Å². The van der Waals surface area contributed by atoms with Crippen LogP contribution >= 0.6 is 0 Å². The summed E-state index contributed by atoms with van der Waals surface area (Å²) in [5, 5.41) is 19.7. The summed E-state index contributed by atoms with van der Waals surface area (Å²) in [6, 6.07) is 26.7. The van der Waals surface area contributed by atoms with Crippen molar-refractivity contribution in [2.24, 2.45) is 0 Å². The highest BCUT2D eigenvalue weighted by Crippen LogP contribution is 2.34. The Balaban J connectivity index is 1.80. The van der Waals surface area contributed by atoms with Crippen LogP contribution in [-0.4, -0.2) is 11.9 Å². The minimum atomic E-state index is -0.610. The number of nitriles is 2. The number of esters is 2. The fraction of sp³-hybridized carbons (Fsp3) is 0. The smallest absolute Gasteiger partial charge is 0.343 e. The maximum absolute atomic E-state index is 12.6. The molecule has 4 aromatic rings. The number of nitrogens with zero attached hydrogens (tertiary/aromatic N) is 2. The SMILES string of the molecule is N#Cc1cc2cc(OC(=O)c3ccccc3)cc(OC(=O)c3ccccc3)c2cc1C#N. The molecule has 0 N–H and O–H groups in total. The molecule has 0 fully saturated rings. The van der Waals surface area contributed by atoms with Gasteiger partial charge in [-0.2, -0.15) is 10.5 Å². The van der Waals surface area contributed by atoms with Gasteiger partial charge in [0.1, 0.15) is 23.6 Å². The molecule has 0 aliphatic carbocycles. The molecule has 32 heavy (non-hydrogen) atoms. The standard InChI is InChI=1S/C26H14N2O4/c27-15-20-11-19-12-22(31-25(29)17-7-3-1-4-8-17)14-24(23(19)13-21(20)16-28)32-26(30)18-9-5-2-6-10-18/h1-14H. The van der Waals surface area contributed by atoms with E-state index < -0.39 is 11.9 Å². The second kappa shape index (κ2) is 8.83. The third-order valence-electron chi connectivity index (χ3n) is 4.70. The highest BCUT2D eigenvalue weighted by molar-refractivity contribution is 5.98. The van der Waals surface area contributed by atoms with Gasteiger partial charge in [-0.1, -0.05) is 36.4 Å². The van der Waals surface area contributed by atoms with E-state index in [0.29, 0.717) is 21.9 Å². The van der Waals surface area contributed by atoms with Crippen molar-refractivity contribution in [3.8, 4) is 23.6 Å². The van der Waals surface area contributed by atoms with Crippen molar-refractivity contribution in [3.05, 3.63) is 107 Å². The Kier molecular flexibility index (Phi) is 5.61. The van der Waals surface area contributed by atoms with Crippen LogP contribution in [-0.2, 0) is 0 Å². The van der Waals surface area contributed by atoms with Gasteiger partial charge in [-0.15, -0.1) is 0 Å². The Morgan fingerprint density at radius 2 is 1.19 bits per heavy atom. The molecule has 0 aliphatic rings. The zero-order chi connectivity index (χ0) is 22.5. The maximum Gasteiger partial charge on any atom is 0.343 e. The lowest BCUT2D eigenvalue weighted by atomic mass is 10.0. The van der Waals surface area contributed by atoms with Gasteiger partial charge >= 0.3 is 11.9 Å². The van der Waals surface area contributed by atoms with Crippen molar-refractivity contribution in [1.82, 2.24) is 0 Å². The third kappa shape index (κ3) is 4.16. The number of hydrogen-bond donors (Lipinski definition) is 0. The molecule has 0 aliphatic heterocycles. The minimum absolute atomic E-state index is 0.105. The number of carbonyl (C=O) groups is 2. The quantitative estimate of drug-likeness (QED) is 0.341. The zero-order valence-corrected chi connectivity index (χ0v) is 16.6. The van der Waals surface area contributed by atoms with Crippen molar-refractivity contribution >= 4 is 22.7 Å². The topological polar surface area (TPSA) is 100 Å². The molecule has 6 nitrogen and oxygen atoms in total. The Morgan fingerprint density at radius 3 is 1.75 bits per heavy atom. The summed E-state index contributed by atoms with van der Waals surface area (Å²) in [6.45, 7) is 0. The van der Waals surface area contributed by atoms with E-state index >= 15 is 0 Å². The number of fused-ring (bicyclic) bond motifs is 1. The van der Waals surface area contributed by atoms with Gasteiger partial charge in [-0.25, -0.2) is 9.59 Å². The summed E-state index contributed by atoms with van der Waals surface area (Å²) >= 11 is 0. The number of carbonyl (C=O) groups excluding carboxylic acids is 2. The van der Waals surface area contributed by atoms with Gasteiger partial charge < -0.3 is 9.47 Å². The fourth-order valence-corrected chi connectivity index (χ4v) is 3.15. The Hall–Kier alpha value is -4.94. The molecule has 0 atom stereocenters. The number of benzene rings is 4. The van der Waals surface area contributed by atoms with Crippen LogP contribution in [0.15, 0.2) is 84.9 Å². The molecule has 0 radical (unpaired) electrons. The van der Waals surface area contributed by atoms with E-state index in [1.807, 2.05) is 12.1 Å². The van der Waals surface area contributed by atoms with Crippen LogP contribution in [0.2, 0.25) is 0 Å². The fourth-order valence-electron chi connectivity index (χ4n) is 3.15. The molecule has 4 aromatic carbocycles. The third-order valence-corrected chi connectivity index (χ3v) is 4.70. The lowest BCUT2D eigenvalue weighted by Crippen LogP contribution is -2.10. The molecule has 0 heterocycles. The molecule has 0 saturated heterocycles. The molecule has 0 saturated carbocycles. The van der Waals surface area contributed by atoms with Crippen LogP contribution in [0, 0.1) is 22.7 Å². The number of ether oxygens (including phenoxy) is 2. The predicted octanol–water partition coefficient (Wildman–Crippen LogP) is 5.02. The molecule has 0 bridgehead atoms. The van der Waals surface area contributed by atoms with Gasteiger partial charge in [-0.3, -0.25) is 0 Å². The summed E-state index contributed by atoms with van der Waals surface area (Å²) in [4.78, 5) is 25.1. The Bertz CT molecular complexity index is 1420. The summed E-state index contributed by atoms with van der Waals surface area (Å²) in [6.07, 6.45) is 0. The lowest BCUT2D eigenvalue weighted by molar-refractivity contribution is 0.0734. The molecule has 0 spiro atoms. The largest absolute Gasteiger partial charge is 0.423 e. The van der Waals surface area contributed by atoms with Gasteiger partial charge in [0, 0.05) is 11.5 Å². The highest BCUT2D eigenvalue weighted by atomic mass is 16.5. The normalized spacial score (nSPS) is 10.1. The van der Waals surface area contributed by atoms with Crippen LogP contribution in [0.25, 0.3) is 10.8 Å². The summed E-state index contributed by atoms with van der Waals surface area (Å²) < 4.78 is 11.1. The molecule has 4 rings (SSSR count). The highest BCUT2D eigenvalue weighted by Gasteiger charge is 2.17. The van der Waals surface area contributed by atoms with E-state index in [9.17, 15) is 20.1 Å². The van der Waals surface area contributed by atoms with Crippen molar-refractivity contribution in [1.29, 1.82) is 10.5 Å². The van der Waals surface area contributed by atoms with E-state index in [4.69, 9.17) is 9.47 Å². The van der Waals surface area contributed by atoms with Crippen LogP contribution in [0.4, 0.5) is 0 Å². The summed E-state index contributed by atoms with van der Waals surface area (Å²) in [7, 11) is 0. The first kappa shape index (κ1) is 20.3. The van der Waals surface area contributed by atoms with Gasteiger partial charge in [0.25, 0.3) is 0 Å². The predicted molar refractivity (Wildman–Crippen MR) is 116 cm³/mol. The average Bonchev–Trinajstić information content (AvgIpc) is 2.84. The van der Waals surface area contributed by atoms with Crippen LogP contribution < -0.4 is 9.47 Å². The Morgan fingerprint density at radius 1 is 0.656 bits per heavy atom. The Labute approximate surface area is 183 Å². The van der Waals surface area contributed by atoms with E-state index in [1.54, 1.807) is 66.7 Å². The molecule has 0 aromatic heterocycles. The van der Waals surface area contributed by atoms with E-state index in [2.05, 4.69) is 0 Å². The lowest BCUT2D eigenvalue weighted by Gasteiger charge is -2.12. The second-order valence-corrected chi connectivity index (χ2v) is 6.78. The van der Waals surface area contributed by atoms with E-state index in [0.717, 1.165) is 0 Å². The summed E-state index contributed by atoms with van der Waals surface area (Å²) in [5.74, 6) is -0.954. The first-order valence-corrected chi connectivity index (χ1v) is 9.55. The molecule has 0 amide bonds. The number of hydrogen-bond acceptors (Lipinski definition) is 6. The second-order valence-electron chi connectivity index (χ2n) is 6.78. The monoisotopic (exact) mass is 418 g/mol. The average molecular weight is 418 g/mol. The first-order chi connectivity index (χ1) is 15.6. The van der Waals surface area contributed by atoms with Crippen molar-refractivity contribution in [3.63, 3.8) is 0 Å². The van der Waals surface area contributed by atoms with Crippen molar-refractivity contribution in [2.45, 2.75) is 0 Å². The molecule has 0 unspecified atom stereocenters. The molecule has 152 valence electrons. The van der Waals surface area contributed by atoms with Crippen LogP contribution in [0.1, 0.15) is 31.8 Å². The minimum Gasteiger partial charge on any atom is -0.423 e. The molecular formula is C26H14N2O4. The van der Waals surface area contributed by atoms with Gasteiger partial charge in [-0.05, 0) is 47.9 Å².